The van der Waals surface area contributed by atoms with E-state index < -0.39 is 0 Å². The van der Waals surface area contributed by atoms with Crippen LogP contribution in [0.15, 0.2) is 23.7 Å². The molecule has 0 aliphatic rings. The molecule has 0 atom stereocenters. The molecular formula is C21H23N3O4S. The molecule has 152 valence electrons. The topological polar surface area (TPSA) is 85.5 Å². The summed E-state index contributed by atoms with van der Waals surface area (Å²) in [6, 6.07) is 3.24. The fraction of sp³-hybridized carbons (Fsp3) is 0.238. The third kappa shape index (κ3) is 3.97. The van der Waals surface area contributed by atoms with E-state index >= 15 is 0 Å². The number of hydrogen-bond donors (Lipinski definition) is 2. The Bertz CT molecular complexity index is 1120. The van der Waals surface area contributed by atoms with Gasteiger partial charge in [-0.15, -0.1) is 11.3 Å². The quantitative estimate of drug-likeness (QED) is 0.579. The van der Waals surface area contributed by atoms with Crippen molar-refractivity contribution < 1.29 is 19.0 Å². The molecule has 0 bridgehead atoms. The van der Waals surface area contributed by atoms with Gasteiger partial charge < -0.3 is 24.5 Å². The van der Waals surface area contributed by atoms with E-state index in [-0.39, 0.29) is 5.78 Å². The molecule has 0 aliphatic heterocycles. The molecule has 0 saturated heterocycles. The number of nitrogens with one attached hydrogen (secondary N) is 2. The van der Waals surface area contributed by atoms with E-state index in [2.05, 4.69) is 15.3 Å². The van der Waals surface area contributed by atoms with Gasteiger partial charge in [0.15, 0.2) is 16.6 Å². The Labute approximate surface area is 172 Å². The molecule has 0 saturated carbocycles. The van der Waals surface area contributed by atoms with Gasteiger partial charge in [-0.3, -0.25) is 4.79 Å². The summed E-state index contributed by atoms with van der Waals surface area (Å²) in [5, 5.41) is 7.71. The number of ketones is 1. The van der Waals surface area contributed by atoms with Crippen molar-refractivity contribution in [3.63, 3.8) is 0 Å². The molecule has 3 rings (SSSR count). The summed E-state index contributed by atoms with van der Waals surface area (Å²) in [7, 11) is 4.54. The second-order valence-electron chi connectivity index (χ2n) is 6.01. The fourth-order valence-electron chi connectivity index (χ4n) is 3.01. The monoisotopic (exact) mass is 413 g/mol. The average molecular weight is 413 g/mol. The highest BCUT2D eigenvalue weighted by molar-refractivity contribution is 7.14. The van der Waals surface area contributed by atoms with Gasteiger partial charge >= 0.3 is 0 Å². The molecular weight excluding hydrogens is 390 g/mol. The minimum Gasteiger partial charge on any atom is -0.493 e. The molecule has 0 aliphatic carbocycles. The molecule has 3 aromatic rings. The van der Waals surface area contributed by atoms with Crippen molar-refractivity contribution in [2.75, 3.05) is 26.6 Å². The van der Waals surface area contributed by atoms with Crippen LogP contribution in [0.1, 0.15) is 29.9 Å². The van der Waals surface area contributed by atoms with Crippen LogP contribution in [0.25, 0.3) is 12.2 Å². The lowest BCUT2D eigenvalue weighted by molar-refractivity contribution is 0.103. The highest BCUT2D eigenvalue weighted by Crippen LogP contribution is 2.38. The maximum absolute atomic E-state index is 13.0. The van der Waals surface area contributed by atoms with E-state index in [1.165, 1.54) is 32.7 Å². The van der Waals surface area contributed by atoms with Gasteiger partial charge in [0, 0.05) is 27.7 Å². The van der Waals surface area contributed by atoms with Gasteiger partial charge in [-0.05, 0) is 26.0 Å². The number of rotatable bonds is 7. The Morgan fingerprint density at radius 1 is 1.10 bits per heavy atom. The number of benzene rings is 1. The highest BCUT2D eigenvalue weighted by Gasteiger charge is 2.20. The number of aromatic amines is 1. The summed E-state index contributed by atoms with van der Waals surface area (Å²) in [6.45, 7) is 3.95. The van der Waals surface area contributed by atoms with Gasteiger partial charge in [0.05, 0.1) is 27.0 Å². The lowest BCUT2D eigenvalue weighted by atomic mass is 10.1. The zero-order valence-corrected chi connectivity index (χ0v) is 17.8. The second-order valence-corrected chi connectivity index (χ2v) is 6.87. The zero-order valence-electron chi connectivity index (χ0n) is 17.0. The molecule has 0 amide bonds. The Balaban J connectivity index is 1.91. The van der Waals surface area contributed by atoms with Gasteiger partial charge in [0.2, 0.25) is 11.5 Å². The summed E-state index contributed by atoms with van der Waals surface area (Å²) in [4.78, 5) is 20.6. The number of thiazole rings is 1. The standard InChI is InChI=1S/C21H23N3O4S/c1-6-13-14(7-2)22-10-15(13)23-21-24-16(11-29-21)19(25)12-8-17(26-3)20(28-5)18(9-12)27-4/h6-11,22H,1-5H3,(H,23,24)/b13-6+,14-7+. The van der Waals surface area contributed by atoms with Crippen molar-refractivity contribution in [1.82, 2.24) is 9.97 Å². The Kier molecular flexibility index (Phi) is 6.23. The first-order valence-corrected chi connectivity index (χ1v) is 9.81. The largest absolute Gasteiger partial charge is 0.493 e. The second kappa shape index (κ2) is 8.83. The molecule has 0 fully saturated rings. The van der Waals surface area contributed by atoms with Crippen molar-refractivity contribution in [3.8, 4) is 17.2 Å². The molecule has 29 heavy (non-hydrogen) atoms. The van der Waals surface area contributed by atoms with Crippen molar-refractivity contribution in [1.29, 1.82) is 0 Å². The summed E-state index contributed by atoms with van der Waals surface area (Å²) < 4.78 is 16.0. The first kappa shape index (κ1) is 20.5. The van der Waals surface area contributed by atoms with E-state index in [0.717, 1.165) is 16.3 Å². The average Bonchev–Trinajstić information content (AvgIpc) is 3.38. The lowest BCUT2D eigenvalue weighted by Crippen LogP contribution is -2.23. The fourth-order valence-corrected chi connectivity index (χ4v) is 3.72. The van der Waals surface area contributed by atoms with E-state index in [9.17, 15) is 4.79 Å². The smallest absolute Gasteiger partial charge is 0.212 e. The number of methoxy groups -OCH3 is 3. The number of anilines is 2. The van der Waals surface area contributed by atoms with Crippen LogP contribution in [0.3, 0.4) is 0 Å². The summed E-state index contributed by atoms with van der Waals surface area (Å²) in [6.07, 6.45) is 5.90. The number of hydrogen-bond acceptors (Lipinski definition) is 7. The number of carbonyl (C=O) groups excluding carboxylic acids is 1. The van der Waals surface area contributed by atoms with Gasteiger partial charge in [-0.2, -0.15) is 0 Å². The number of H-pyrrole nitrogens is 1. The summed E-state index contributed by atoms with van der Waals surface area (Å²) in [5.74, 6) is 1.05. The first-order chi connectivity index (χ1) is 14.1. The third-order valence-electron chi connectivity index (χ3n) is 4.44. The molecule has 0 radical (unpaired) electrons. The van der Waals surface area contributed by atoms with Crippen LogP contribution in [0.4, 0.5) is 10.8 Å². The van der Waals surface area contributed by atoms with Crippen molar-refractivity contribution in [3.05, 3.63) is 45.5 Å². The molecule has 0 unspecified atom stereocenters. The minimum atomic E-state index is -0.229. The van der Waals surface area contributed by atoms with Crippen LogP contribution in [-0.4, -0.2) is 37.1 Å². The molecule has 0 spiro atoms. The van der Waals surface area contributed by atoms with Gasteiger partial charge in [-0.1, -0.05) is 12.2 Å². The first-order valence-electron chi connectivity index (χ1n) is 8.93. The SMILES string of the molecule is C/C=c1/c(Nc2nc(C(=O)c3cc(OC)c(OC)c(OC)c3)cs2)c[nH]/c1=C/C. The van der Waals surface area contributed by atoms with Crippen LogP contribution in [0, 0.1) is 0 Å². The van der Waals surface area contributed by atoms with Gasteiger partial charge in [0.25, 0.3) is 0 Å². The molecule has 2 heterocycles. The number of nitrogens with zero attached hydrogens (tertiary/aromatic N) is 1. The van der Waals surface area contributed by atoms with Crippen molar-refractivity contribution >= 4 is 40.1 Å². The number of carbonyl (C=O) groups is 1. The Morgan fingerprint density at radius 3 is 2.34 bits per heavy atom. The van der Waals surface area contributed by atoms with Gasteiger partial charge in [0.1, 0.15) is 5.69 Å². The molecule has 8 heteroatoms. The van der Waals surface area contributed by atoms with Crippen LogP contribution in [-0.2, 0) is 0 Å². The molecule has 1 aromatic carbocycles. The zero-order chi connectivity index (χ0) is 21.0. The summed E-state index contributed by atoms with van der Waals surface area (Å²) in [5.41, 5.74) is 1.65. The summed E-state index contributed by atoms with van der Waals surface area (Å²) >= 11 is 1.36. The Morgan fingerprint density at radius 2 is 1.79 bits per heavy atom. The third-order valence-corrected chi connectivity index (χ3v) is 5.19. The van der Waals surface area contributed by atoms with Crippen LogP contribution >= 0.6 is 11.3 Å². The van der Waals surface area contributed by atoms with Crippen LogP contribution in [0.2, 0.25) is 0 Å². The number of ether oxygens (including phenoxy) is 3. The predicted octanol–water partition coefficient (Wildman–Crippen LogP) is 3.07. The Hall–Kier alpha value is -3.26. The van der Waals surface area contributed by atoms with E-state index in [1.807, 2.05) is 32.2 Å². The van der Waals surface area contributed by atoms with E-state index in [0.29, 0.717) is 33.6 Å². The molecule has 2 N–H and O–H groups in total. The van der Waals surface area contributed by atoms with Gasteiger partial charge in [-0.25, -0.2) is 4.98 Å². The minimum absolute atomic E-state index is 0.229. The highest BCUT2D eigenvalue weighted by atomic mass is 32.1. The predicted molar refractivity (Wildman–Crippen MR) is 115 cm³/mol. The number of aromatic nitrogens is 2. The van der Waals surface area contributed by atoms with Crippen LogP contribution < -0.4 is 30.1 Å². The van der Waals surface area contributed by atoms with Crippen LogP contribution in [0.5, 0.6) is 17.2 Å². The molecule has 7 nitrogen and oxygen atoms in total. The van der Waals surface area contributed by atoms with E-state index in [4.69, 9.17) is 14.2 Å². The maximum Gasteiger partial charge on any atom is 0.212 e. The molecule has 2 aromatic heterocycles. The van der Waals surface area contributed by atoms with E-state index in [1.54, 1.807) is 17.5 Å². The normalized spacial score (nSPS) is 12.2. The lowest BCUT2D eigenvalue weighted by Gasteiger charge is -2.13. The van der Waals surface area contributed by atoms with Crippen molar-refractivity contribution in [2.24, 2.45) is 0 Å². The van der Waals surface area contributed by atoms with Crippen molar-refractivity contribution in [2.45, 2.75) is 13.8 Å². The maximum atomic E-state index is 13.0.